The molecule has 2 amide bonds. The Morgan fingerprint density at radius 1 is 1.00 bits per heavy atom. The van der Waals surface area contributed by atoms with Gasteiger partial charge in [0.25, 0.3) is 0 Å². The third kappa shape index (κ3) is 4.53. The van der Waals surface area contributed by atoms with Crippen LogP contribution in [0.25, 0.3) is 0 Å². The summed E-state index contributed by atoms with van der Waals surface area (Å²) in [5.74, 6) is 0.774. The summed E-state index contributed by atoms with van der Waals surface area (Å²) < 4.78 is 5.25. The first-order chi connectivity index (χ1) is 10.2. The molecule has 2 aromatic rings. The molecule has 0 aliphatic rings. The van der Waals surface area contributed by atoms with Crippen molar-refractivity contribution < 1.29 is 9.53 Å². The summed E-state index contributed by atoms with van der Waals surface area (Å²) in [4.78, 5) is 11.8. The van der Waals surface area contributed by atoms with Gasteiger partial charge in [0.05, 0.1) is 7.11 Å². The number of methoxy groups -OCH3 is 1. The van der Waals surface area contributed by atoms with Crippen LogP contribution in [0.1, 0.15) is 16.7 Å². The highest BCUT2D eigenvalue weighted by molar-refractivity contribution is 5.73. The Hall–Kier alpha value is -2.49. The zero-order valence-electron chi connectivity index (χ0n) is 12.3. The topological polar surface area (TPSA) is 50.4 Å². The molecule has 0 heterocycles. The highest BCUT2D eigenvalue weighted by Gasteiger charge is 2.04. The highest BCUT2D eigenvalue weighted by Crippen LogP contribution is 2.16. The van der Waals surface area contributed by atoms with Gasteiger partial charge in [-0.2, -0.15) is 0 Å². The van der Waals surface area contributed by atoms with Crippen molar-refractivity contribution >= 4 is 6.03 Å². The van der Waals surface area contributed by atoms with Gasteiger partial charge in [0, 0.05) is 18.7 Å². The Labute approximate surface area is 125 Å². The van der Waals surface area contributed by atoms with Crippen LogP contribution in [0.15, 0.2) is 48.5 Å². The van der Waals surface area contributed by atoms with Crippen LogP contribution < -0.4 is 15.4 Å². The monoisotopic (exact) mass is 284 g/mol. The van der Waals surface area contributed by atoms with Crippen molar-refractivity contribution in [3.05, 3.63) is 65.2 Å². The van der Waals surface area contributed by atoms with Crippen LogP contribution in [0, 0.1) is 6.92 Å². The average Bonchev–Trinajstić information content (AvgIpc) is 2.52. The molecule has 0 atom stereocenters. The van der Waals surface area contributed by atoms with Gasteiger partial charge in [-0.05, 0) is 18.6 Å². The average molecular weight is 284 g/mol. The van der Waals surface area contributed by atoms with E-state index >= 15 is 0 Å². The lowest BCUT2D eigenvalue weighted by Crippen LogP contribution is -2.34. The number of rotatable bonds is 5. The summed E-state index contributed by atoms with van der Waals surface area (Å²) in [6, 6.07) is 15.5. The first-order valence-electron chi connectivity index (χ1n) is 6.88. The predicted molar refractivity (Wildman–Crippen MR) is 83.2 cm³/mol. The molecule has 0 aromatic heterocycles. The lowest BCUT2D eigenvalue weighted by Gasteiger charge is -2.10. The molecule has 2 N–H and O–H groups in total. The summed E-state index contributed by atoms with van der Waals surface area (Å²) in [5, 5.41) is 5.66. The van der Waals surface area contributed by atoms with Crippen molar-refractivity contribution in [3.63, 3.8) is 0 Å². The molecule has 0 aliphatic heterocycles. The quantitative estimate of drug-likeness (QED) is 0.886. The van der Waals surface area contributed by atoms with Gasteiger partial charge < -0.3 is 15.4 Å². The molecule has 2 aromatic carbocycles. The number of ether oxygens (including phenoxy) is 1. The van der Waals surface area contributed by atoms with Crippen molar-refractivity contribution in [1.82, 2.24) is 10.6 Å². The molecule has 21 heavy (non-hydrogen) atoms. The molecule has 4 heteroatoms. The Balaban J connectivity index is 1.81. The molecular formula is C17H20N2O2. The normalized spacial score (nSPS) is 10.0. The summed E-state index contributed by atoms with van der Waals surface area (Å²) in [5.41, 5.74) is 3.23. The van der Waals surface area contributed by atoms with Crippen LogP contribution in [-0.2, 0) is 13.1 Å². The van der Waals surface area contributed by atoms with E-state index < -0.39 is 0 Å². The van der Waals surface area contributed by atoms with Crippen molar-refractivity contribution in [1.29, 1.82) is 0 Å². The van der Waals surface area contributed by atoms with Crippen LogP contribution in [0.5, 0.6) is 5.75 Å². The van der Waals surface area contributed by atoms with E-state index in [9.17, 15) is 4.79 Å². The maximum absolute atomic E-state index is 11.8. The molecule has 0 radical (unpaired) electrons. The zero-order valence-corrected chi connectivity index (χ0v) is 12.3. The van der Waals surface area contributed by atoms with E-state index in [1.165, 1.54) is 5.56 Å². The van der Waals surface area contributed by atoms with Crippen LogP contribution in [0.2, 0.25) is 0 Å². The minimum atomic E-state index is -0.193. The Morgan fingerprint density at radius 3 is 2.38 bits per heavy atom. The van der Waals surface area contributed by atoms with E-state index in [-0.39, 0.29) is 6.03 Å². The second kappa shape index (κ2) is 7.33. The third-order valence-electron chi connectivity index (χ3n) is 3.21. The molecule has 0 saturated carbocycles. The summed E-state index contributed by atoms with van der Waals surface area (Å²) in [6.07, 6.45) is 0. The molecule has 0 saturated heterocycles. The van der Waals surface area contributed by atoms with Gasteiger partial charge in [-0.15, -0.1) is 0 Å². The first-order valence-corrected chi connectivity index (χ1v) is 6.88. The fourth-order valence-electron chi connectivity index (χ4n) is 1.98. The Bertz CT molecular complexity index is 594. The second-order valence-electron chi connectivity index (χ2n) is 4.83. The van der Waals surface area contributed by atoms with E-state index in [2.05, 4.69) is 10.6 Å². The highest BCUT2D eigenvalue weighted by atomic mass is 16.5. The molecule has 110 valence electrons. The molecule has 4 nitrogen and oxygen atoms in total. The van der Waals surface area contributed by atoms with E-state index in [1.807, 2.05) is 55.5 Å². The fourth-order valence-corrected chi connectivity index (χ4v) is 1.98. The van der Waals surface area contributed by atoms with Crippen molar-refractivity contribution in [3.8, 4) is 5.75 Å². The van der Waals surface area contributed by atoms with Crippen LogP contribution >= 0.6 is 0 Å². The number of benzene rings is 2. The molecule has 0 unspecified atom stereocenters. The molecule has 0 aliphatic carbocycles. The van der Waals surface area contributed by atoms with Gasteiger partial charge in [-0.1, -0.05) is 48.0 Å². The van der Waals surface area contributed by atoms with E-state index in [4.69, 9.17) is 4.74 Å². The van der Waals surface area contributed by atoms with Gasteiger partial charge in [-0.25, -0.2) is 4.79 Å². The third-order valence-corrected chi connectivity index (χ3v) is 3.21. The van der Waals surface area contributed by atoms with Crippen LogP contribution in [0.3, 0.4) is 0 Å². The summed E-state index contributed by atoms with van der Waals surface area (Å²) >= 11 is 0. The van der Waals surface area contributed by atoms with E-state index in [0.717, 1.165) is 16.9 Å². The number of carbonyl (C=O) groups excluding carboxylic acids is 1. The largest absolute Gasteiger partial charge is 0.496 e. The van der Waals surface area contributed by atoms with Gasteiger partial charge in [0.1, 0.15) is 5.75 Å². The van der Waals surface area contributed by atoms with Crippen LogP contribution in [-0.4, -0.2) is 13.1 Å². The maximum Gasteiger partial charge on any atom is 0.315 e. The lowest BCUT2D eigenvalue weighted by molar-refractivity contribution is 0.240. The number of para-hydroxylation sites is 1. The van der Waals surface area contributed by atoms with Crippen LogP contribution in [0.4, 0.5) is 4.79 Å². The number of nitrogens with one attached hydrogen (secondary N) is 2. The van der Waals surface area contributed by atoms with Gasteiger partial charge in [0.2, 0.25) is 0 Å². The molecule has 0 spiro atoms. The van der Waals surface area contributed by atoms with Gasteiger partial charge in [0.15, 0.2) is 0 Å². The minimum Gasteiger partial charge on any atom is -0.496 e. The predicted octanol–water partition coefficient (Wildman–Crippen LogP) is 3.00. The molecule has 0 fully saturated rings. The van der Waals surface area contributed by atoms with Crippen molar-refractivity contribution in [2.45, 2.75) is 20.0 Å². The minimum absolute atomic E-state index is 0.193. The summed E-state index contributed by atoms with van der Waals surface area (Å²) in [6.45, 7) is 2.99. The first kappa shape index (κ1) is 14.9. The number of aryl methyl sites for hydroxylation is 1. The standard InChI is InChI=1S/C17H20N2O2/c1-13-7-9-14(10-8-13)11-18-17(20)19-12-15-5-3-4-6-16(15)21-2/h3-10H,11-12H2,1-2H3,(H2,18,19,20). The molecular weight excluding hydrogens is 264 g/mol. The number of urea groups is 1. The van der Waals surface area contributed by atoms with Crippen molar-refractivity contribution in [2.24, 2.45) is 0 Å². The van der Waals surface area contributed by atoms with Gasteiger partial charge >= 0.3 is 6.03 Å². The fraction of sp³-hybridized carbons (Fsp3) is 0.235. The maximum atomic E-state index is 11.8. The van der Waals surface area contributed by atoms with E-state index in [1.54, 1.807) is 7.11 Å². The lowest BCUT2D eigenvalue weighted by atomic mass is 10.1. The number of hydrogen-bond donors (Lipinski definition) is 2. The van der Waals surface area contributed by atoms with Crippen molar-refractivity contribution in [2.75, 3.05) is 7.11 Å². The molecule has 0 bridgehead atoms. The SMILES string of the molecule is COc1ccccc1CNC(=O)NCc1ccc(C)cc1. The Kier molecular flexibility index (Phi) is 5.21. The van der Waals surface area contributed by atoms with Gasteiger partial charge in [-0.3, -0.25) is 0 Å². The number of carbonyl (C=O) groups is 1. The smallest absolute Gasteiger partial charge is 0.315 e. The zero-order chi connectivity index (χ0) is 15.1. The van der Waals surface area contributed by atoms with E-state index in [0.29, 0.717) is 13.1 Å². The number of amides is 2. The Morgan fingerprint density at radius 2 is 1.67 bits per heavy atom. The molecule has 2 rings (SSSR count). The number of hydrogen-bond acceptors (Lipinski definition) is 2. The summed E-state index contributed by atoms with van der Waals surface area (Å²) in [7, 11) is 1.62. The second-order valence-corrected chi connectivity index (χ2v) is 4.83.